The van der Waals surface area contributed by atoms with E-state index in [9.17, 15) is 9.59 Å². The van der Waals surface area contributed by atoms with Gasteiger partial charge in [-0.3, -0.25) is 9.59 Å². The van der Waals surface area contributed by atoms with Gasteiger partial charge in [0.25, 0.3) is 11.5 Å². The average Bonchev–Trinajstić information content (AvgIpc) is 3.15. The number of nitrogens with zero attached hydrogens (tertiary/aromatic N) is 1. The van der Waals surface area contributed by atoms with E-state index in [4.69, 9.17) is 0 Å². The third-order valence-electron chi connectivity index (χ3n) is 4.78. The van der Waals surface area contributed by atoms with Crippen LogP contribution in [-0.4, -0.2) is 10.5 Å². The number of pyridine rings is 1. The van der Waals surface area contributed by atoms with Gasteiger partial charge in [-0.15, -0.1) is 11.3 Å². The maximum atomic E-state index is 12.9. The average molecular weight is 376 g/mol. The van der Waals surface area contributed by atoms with Crippen LogP contribution in [0.15, 0.2) is 59.4 Å². The molecule has 5 heteroatoms. The summed E-state index contributed by atoms with van der Waals surface area (Å²) in [6.07, 6.45) is 0.912. The van der Waals surface area contributed by atoms with E-state index in [1.807, 2.05) is 55.5 Å². The molecule has 0 atom stereocenters. The lowest BCUT2D eigenvalue weighted by Gasteiger charge is -2.08. The molecular weight excluding hydrogens is 356 g/mol. The summed E-state index contributed by atoms with van der Waals surface area (Å²) < 4.78 is 2.63. The molecule has 2 aromatic carbocycles. The Balaban J connectivity index is 1.81. The van der Waals surface area contributed by atoms with E-state index >= 15 is 0 Å². The van der Waals surface area contributed by atoms with Gasteiger partial charge in [-0.1, -0.05) is 37.3 Å². The minimum atomic E-state index is -0.184. The summed E-state index contributed by atoms with van der Waals surface area (Å²) in [6.45, 7) is 4.63. The second-order valence-electron chi connectivity index (χ2n) is 6.43. The lowest BCUT2D eigenvalue weighted by atomic mass is 10.1. The highest BCUT2D eigenvalue weighted by atomic mass is 32.1. The number of para-hydroxylation sites is 1. The molecule has 0 radical (unpaired) electrons. The lowest BCUT2D eigenvalue weighted by molar-refractivity contribution is 0.103. The van der Waals surface area contributed by atoms with Gasteiger partial charge in [0, 0.05) is 22.3 Å². The Hall–Kier alpha value is -2.92. The van der Waals surface area contributed by atoms with E-state index in [0.717, 1.165) is 27.7 Å². The monoisotopic (exact) mass is 376 g/mol. The zero-order valence-corrected chi connectivity index (χ0v) is 16.1. The molecule has 4 nitrogen and oxygen atoms in total. The third-order valence-corrected chi connectivity index (χ3v) is 5.95. The van der Waals surface area contributed by atoms with Crippen LogP contribution in [0.1, 0.15) is 29.1 Å². The van der Waals surface area contributed by atoms with Gasteiger partial charge >= 0.3 is 0 Å². The van der Waals surface area contributed by atoms with Gasteiger partial charge in [0.05, 0.1) is 15.8 Å². The number of amides is 1. The van der Waals surface area contributed by atoms with Crippen molar-refractivity contribution < 1.29 is 4.79 Å². The number of nitrogens with one attached hydrogen (secondary N) is 1. The summed E-state index contributed by atoms with van der Waals surface area (Å²) in [5, 5.41) is 4.56. The van der Waals surface area contributed by atoms with E-state index < -0.39 is 0 Å². The van der Waals surface area contributed by atoms with E-state index in [1.54, 1.807) is 10.6 Å². The Morgan fingerprint density at radius 1 is 1.04 bits per heavy atom. The highest BCUT2D eigenvalue weighted by Gasteiger charge is 2.17. The number of anilines is 1. The highest BCUT2D eigenvalue weighted by molar-refractivity contribution is 7.21. The molecule has 0 unspecified atom stereocenters. The number of fused-ring (bicyclic) bond motifs is 3. The number of aryl methyl sites for hydroxylation is 2. The first-order valence-electron chi connectivity index (χ1n) is 9.07. The Bertz CT molecular complexity index is 1220. The molecule has 0 spiro atoms. The molecule has 0 fully saturated rings. The first-order valence-corrected chi connectivity index (χ1v) is 9.89. The van der Waals surface area contributed by atoms with Gasteiger partial charge in [-0.25, -0.2) is 0 Å². The van der Waals surface area contributed by atoms with E-state index in [0.29, 0.717) is 16.8 Å². The Morgan fingerprint density at radius 3 is 2.63 bits per heavy atom. The van der Waals surface area contributed by atoms with E-state index in [1.165, 1.54) is 16.9 Å². The molecular formula is C22H20N2O2S. The lowest BCUT2D eigenvalue weighted by Crippen LogP contribution is -2.19. The largest absolute Gasteiger partial charge is 0.321 e. The molecule has 0 aliphatic rings. The van der Waals surface area contributed by atoms with Crippen LogP contribution in [0.3, 0.4) is 0 Å². The Kier molecular flexibility index (Phi) is 4.54. The van der Waals surface area contributed by atoms with E-state index in [2.05, 4.69) is 12.2 Å². The van der Waals surface area contributed by atoms with Crippen molar-refractivity contribution in [3.05, 3.63) is 75.4 Å². The van der Waals surface area contributed by atoms with Gasteiger partial charge in [0.2, 0.25) is 0 Å². The summed E-state index contributed by atoms with van der Waals surface area (Å²) in [5.74, 6) is -0.184. The van der Waals surface area contributed by atoms with Gasteiger partial charge in [-0.05, 0) is 43.2 Å². The van der Waals surface area contributed by atoms with Crippen molar-refractivity contribution in [3.8, 4) is 0 Å². The van der Waals surface area contributed by atoms with Crippen molar-refractivity contribution >= 4 is 43.9 Å². The van der Waals surface area contributed by atoms with Crippen molar-refractivity contribution in [2.24, 2.45) is 0 Å². The van der Waals surface area contributed by atoms with Crippen LogP contribution in [0.4, 0.5) is 5.69 Å². The molecule has 0 aliphatic heterocycles. The number of thiophene rings is 1. The normalized spacial score (nSPS) is 11.2. The molecule has 1 amide bonds. The summed E-state index contributed by atoms with van der Waals surface area (Å²) in [7, 11) is 0. The molecule has 136 valence electrons. The number of aromatic nitrogens is 1. The number of benzene rings is 2. The first-order chi connectivity index (χ1) is 13.1. The predicted octanol–water partition coefficient (Wildman–Crippen LogP) is 5.05. The van der Waals surface area contributed by atoms with Gasteiger partial charge in [-0.2, -0.15) is 0 Å². The fraction of sp³-hybridized carbons (Fsp3) is 0.182. The fourth-order valence-electron chi connectivity index (χ4n) is 3.39. The summed E-state index contributed by atoms with van der Waals surface area (Å²) in [5.41, 5.74) is 2.80. The van der Waals surface area contributed by atoms with E-state index in [-0.39, 0.29) is 11.5 Å². The van der Waals surface area contributed by atoms with Crippen LogP contribution in [0, 0.1) is 0 Å². The maximum absolute atomic E-state index is 12.9. The molecule has 4 rings (SSSR count). The second-order valence-corrected chi connectivity index (χ2v) is 7.48. The number of carbonyl (C=O) groups excluding carboxylic acids is 1. The molecule has 1 N–H and O–H groups in total. The van der Waals surface area contributed by atoms with Gasteiger partial charge in [0.15, 0.2) is 0 Å². The first kappa shape index (κ1) is 17.5. The smallest absolute Gasteiger partial charge is 0.265 e. The van der Waals surface area contributed by atoms with Crippen molar-refractivity contribution in [1.82, 2.24) is 4.57 Å². The van der Waals surface area contributed by atoms with Crippen LogP contribution in [0.5, 0.6) is 0 Å². The maximum Gasteiger partial charge on any atom is 0.265 e. The topological polar surface area (TPSA) is 51.1 Å². The zero-order valence-electron chi connectivity index (χ0n) is 15.3. The zero-order chi connectivity index (χ0) is 19.0. The van der Waals surface area contributed by atoms with Crippen molar-refractivity contribution in [3.63, 3.8) is 0 Å². The van der Waals surface area contributed by atoms with Gasteiger partial charge in [0.1, 0.15) is 0 Å². The molecule has 2 heterocycles. The molecule has 2 aromatic heterocycles. The second kappa shape index (κ2) is 7.00. The summed E-state index contributed by atoms with van der Waals surface area (Å²) >= 11 is 1.37. The predicted molar refractivity (Wildman–Crippen MR) is 113 cm³/mol. The molecule has 4 aromatic rings. The molecule has 0 saturated carbocycles. The summed E-state index contributed by atoms with van der Waals surface area (Å²) in [4.78, 5) is 26.2. The molecule has 0 bridgehead atoms. The Morgan fingerprint density at radius 2 is 1.85 bits per heavy atom. The van der Waals surface area contributed by atoms with Crippen molar-refractivity contribution in [2.45, 2.75) is 26.8 Å². The van der Waals surface area contributed by atoms with Crippen molar-refractivity contribution in [2.75, 3.05) is 5.32 Å². The Labute approximate surface area is 161 Å². The third kappa shape index (κ3) is 3.04. The quantitative estimate of drug-likeness (QED) is 0.542. The van der Waals surface area contributed by atoms with Crippen molar-refractivity contribution in [1.29, 1.82) is 0 Å². The van der Waals surface area contributed by atoms with Crippen LogP contribution >= 0.6 is 11.3 Å². The summed E-state index contributed by atoms with van der Waals surface area (Å²) in [6, 6.07) is 17.4. The number of hydrogen-bond acceptors (Lipinski definition) is 3. The van der Waals surface area contributed by atoms with Crippen LogP contribution in [-0.2, 0) is 13.0 Å². The minimum absolute atomic E-state index is 0.0468. The standard InChI is InChI=1S/C22H20N2O2S/c1-3-14-8-7-9-15(12-14)23-21(25)19-13-17-20(27-19)16-10-5-6-11-18(16)24(4-2)22(17)26/h5-13H,3-4H2,1-2H3,(H,23,25). The van der Waals surface area contributed by atoms with Crippen LogP contribution in [0.2, 0.25) is 0 Å². The van der Waals surface area contributed by atoms with Crippen LogP contribution < -0.4 is 10.9 Å². The number of carbonyl (C=O) groups is 1. The minimum Gasteiger partial charge on any atom is -0.321 e. The fourth-order valence-corrected chi connectivity index (χ4v) is 4.47. The molecule has 0 saturated heterocycles. The van der Waals surface area contributed by atoms with Gasteiger partial charge < -0.3 is 9.88 Å². The highest BCUT2D eigenvalue weighted by Crippen LogP contribution is 2.31. The molecule has 0 aliphatic carbocycles. The SMILES string of the molecule is CCc1cccc(NC(=O)c2cc3c(=O)n(CC)c4ccccc4c3s2)c1. The number of rotatable bonds is 4. The number of hydrogen-bond donors (Lipinski definition) is 1. The van der Waals surface area contributed by atoms with Crippen LogP contribution in [0.25, 0.3) is 21.0 Å². The molecule has 27 heavy (non-hydrogen) atoms.